The van der Waals surface area contributed by atoms with Gasteiger partial charge in [0.05, 0.1) is 10.7 Å². The van der Waals surface area contributed by atoms with Gasteiger partial charge >= 0.3 is 0 Å². The quantitative estimate of drug-likeness (QED) is 0.386. The molecule has 0 N–H and O–H groups in total. The SMILES string of the molecule is CN1C(=S)N(c2ccccc2)C(=O)/C1=C/c1ccc(-c2ccc(Cl)cc2Cl)o1. The van der Waals surface area contributed by atoms with Crippen LogP contribution in [0.4, 0.5) is 5.69 Å². The largest absolute Gasteiger partial charge is 0.457 e. The molecular weight excluding hydrogens is 415 g/mol. The lowest BCUT2D eigenvalue weighted by molar-refractivity contribution is -0.114. The molecule has 0 radical (unpaired) electrons. The number of hydrogen-bond acceptors (Lipinski definition) is 3. The number of nitrogens with zero attached hydrogens (tertiary/aromatic N) is 2. The summed E-state index contributed by atoms with van der Waals surface area (Å²) in [4.78, 5) is 16.1. The highest BCUT2D eigenvalue weighted by molar-refractivity contribution is 7.80. The lowest BCUT2D eigenvalue weighted by Gasteiger charge is -2.16. The lowest BCUT2D eigenvalue weighted by Crippen LogP contribution is -2.30. The van der Waals surface area contributed by atoms with Gasteiger partial charge in [-0.1, -0.05) is 41.4 Å². The molecule has 1 aromatic heterocycles. The summed E-state index contributed by atoms with van der Waals surface area (Å²) < 4.78 is 5.88. The Balaban J connectivity index is 1.67. The maximum Gasteiger partial charge on any atom is 0.281 e. The van der Waals surface area contributed by atoms with Gasteiger partial charge in [0.2, 0.25) is 0 Å². The van der Waals surface area contributed by atoms with Crippen molar-refractivity contribution < 1.29 is 9.21 Å². The second kappa shape index (κ2) is 7.43. The van der Waals surface area contributed by atoms with Crippen LogP contribution in [0.1, 0.15) is 5.76 Å². The smallest absolute Gasteiger partial charge is 0.281 e. The van der Waals surface area contributed by atoms with Gasteiger partial charge in [-0.2, -0.15) is 0 Å². The number of hydrogen-bond donors (Lipinski definition) is 0. The first kappa shape index (κ1) is 18.7. The molecule has 3 aromatic rings. The molecule has 1 aliphatic rings. The number of carbonyl (C=O) groups is 1. The van der Waals surface area contributed by atoms with Crippen molar-refractivity contribution >= 4 is 58.2 Å². The number of para-hydroxylation sites is 1. The minimum Gasteiger partial charge on any atom is -0.457 e. The molecule has 0 spiro atoms. The minimum atomic E-state index is -0.207. The van der Waals surface area contributed by atoms with Crippen molar-refractivity contribution in [3.05, 3.63) is 82.2 Å². The summed E-state index contributed by atoms with van der Waals surface area (Å²) in [5, 5.41) is 1.46. The first-order valence-electron chi connectivity index (χ1n) is 8.40. The maximum atomic E-state index is 13.0. The Labute approximate surface area is 177 Å². The van der Waals surface area contributed by atoms with E-state index < -0.39 is 0 Å². The molecule has 140 valence electrons. The number of amides is 1. The van der Waals surface area contributed by atoms with Crippen LogP contribution in [0, 0.1) is 0 Å². The predicted octanol–water partition coefficient (Wildman–Crippen LogP) is 5.86. The van der Waals surface area contributed by atoms with Crippen molar-refractivity contribution in [1.29, 1.82) is 0 Å². The zero-order chi connectivity index (χ0) is 19.8. The Hall–Kier alpha value is -2.60. The molecule has 0 saturated carbocycles. The number of benzene rings is 2. The van der Waals surface area contributed by atoms with Crippen LogP contribution < -0.4 is 4.90 Å². The van der Waals surface area contributed by atoms with Crippen LogP contribution >= 0.6 is 35.4 Å². The molecule has 7 heteroatoms. The molecule has 0 aliphatic carbocycles. The molecule has 1 aliphatic heterocycles. The summed E-state index contributed by atoms with van der Waals surface area (Å²) in [6.07, 6.45) is 1.67. The Morgan fingerprint density at radius 3 is 2.50 bits per heavy atom. The van der Waals surface area contributed by atoms with Gasteiger partial charge in [0.25, 0.3) is 5.91 Å². The van der Waals surface area contributed by atoms with Gasteiger partial charge in [0.1, 0.15) is 17.2 Å². The molecule has 1 amide bonds. The summed E-state index contributed by atoms with van der Waals surface area (Å²) in [7, 11) is 1.76. The van der Waals surface area contributed by atoms with Gasteiger partial charge < -0.3 is 9.32 Å². The molecule has 4 rings (SSSR count). The second-order valence-electron chi connectivity index (χ2n) is 6.17. The van der Waals surface area contributed by atoms with E-state index in [4.69, 9.17) is 39.8 Å². The first-order valence-corrected chi connectivity index (χ1v) is 9.56. The molecule has 1 saturated heterocycles. The van der Waals surface area contributed by atoms with E-state index in [0.29, 0.717) is 32.4 Å². The van der Waals surface area contributed by atoms with E-state index in [1.807, 2.05) is 30.3 Å². The summed E-state index contributed by atoms with van der Waals surface area (Å²) in [6.45, 7) is 0. The van der Waals surface area contributed by atoms with E-state index in [1.54, 1.807) is 48.4 Å². The molecule has 1 fully saturated rings. The van der Waals surface area contributed by atoms with Gasteiger partial charge in [-0.15, -0.1) is 0 Å². The molecule has 0 unspecified atom stereocenters. The van der Waals surface area contributed by atoms with E-state index >= 15 is 0 Å². The van der Waals surface area contributed by atoms with Crippen molar-refractivity contribution in [2.24, 2.45) is 0 Å². The van der Waals surface area contributed by atoms with Gasteiger partial charge in [0.15, 0.2) is 5.11 Å². The number of halogens is 2. The average Bonchev–Trinajstić information content (AvgIpc) is 3.22. The van der Waals surface area contributed by atoms with Crippen LogP contribution in [0.25, 0.3) is 17.4 Å². The van der Waals surface area contributed by atoms with Gasteiger partial charge in [-0.25, -0.2) is 0 Å². The van der Waals surface area contributed by atoms with E-state index in [1.165, 1.54) is 4.90 Å². The zero-order valence-corrected chi connectivity index (χ0v) is 17.1. The number of thiocarbonyl (C=S) groups is 1. The van der Waals surface area contributed by atoms with Crippen molar-refractivity contribution in [2.45, 2.75) is 0 Å². The first-order chi connectivity index (χ1) is 13.5. The molecule has 0 atom stereocenters. The van der Waals surface area contributed by atoms with E-state index in [-0.39, 0.29) is 5.91 Å². The summed E-state index contributed by atoms with van der Waals surface area (Å²) in [5.74, 6) is 0.902. The number of rotatable bonds is 3. The molecule has 2 aromatic carbocycles. The third kappa shape index (κ3) is 3.33. The minimum absolute atomic E-state index is 0.207. The fourth-order valence-corrected chi connectivity index (χ4v) is 3.75. The monoisotopic (exact) mass is 428 g/mol. The Kier molecular flexibility index (Phi) is 4.98. The second-order valence-corrected chi connectivity index (χ2v) is 7.38. The summed E-state index contributed by atoms with van der Waals surface area (Å²) in [6, 6.07) is 18.1. The van der Waals surface area contributed by atoms with Crippen LogP contribution in [-0.4, -0.2) is 23.0 Å². The van der Waals surface area contributed by atoms with Crippen LogP contribution in [0.2, 0.25) is 10.0 Å². The van der Waals surface area contributed by atoms with Crippen molar-refractivity contribution in [1.82, 2.24) is 4.90 Å². The summed E-state index contributed by atoms with van der Waals surface area (Å²) >= 11 is 17.7. The fraction of sp³-hybridized carbons (Fsp3) is 0.0476. The van der Waals surface area contributed by atoms with Crippen molar-refractivity contribution in [3.63, 3.8) is 0 Å². The number of carbonyl (C=O) groups excluding carboxylic acids is 1. The van der Waals surface area contributed by atoms with Crippen LogP contribution in [0.5, 0.6) is 0 Å². The molecule has 28 heavy (non-hydrogen) atoms. The lowest BCUT2D eigenvalue weighted by atomic mass is 10.2. The van der Waals surface area contributed by atoms with E-state index in [9.17, 15) is 4.79 Å². The highest BCUT2D eigenvalue weighted by atomic mass is 35.5. The van der Waals surface area contributed by atoms with E-state index in [0.717, 1.165) is 11.3 Å². The van der Waals surface area contributed by atoms with E-state index in [2.05, 4.69) is 0 Å². The number of anilines is 1. The zero-order valence-electron chi connectivity index (χ0n) is 14.7. The van der Waals surface area contributed by atoms with Crippen LogP contribution in [0.3, 0.4) is 0 Å². The highest BCUT2D eigenvalue weighted by Crippen LogP contribution is 2.33. The average molecular weight is 429 g/mol. The Morgan fingerprint density at radius 1 is 1.04 bits per heavy atom. The standard InChI is InChI=1S/C21H14Cl2N2O2S/c1-24-18(20(26)25(21(24)28)14-5-3-2-4-6-14)12-15-8-10-19(27-15)16-9-7-13(22)11-17(16)23/h2-12H,1H3/b18-12-. The molecule has 4 nitrogen and oxygen atoms in total. The van der Waals surface area contributed by atoms with Crippen LogP contribution in [-0.2, 0) is 4.79 Å². The fourth-order valence-electron chi connectivity index (χ4n) is 2.96. The Morgan fingerprint density at radius 2 is 1.79 bits per heavy atom. The van der Waals surface area contributed by atoms with Crippen molar-refractivity contribution in [3.8, 4) is 11.3 Å². The van der Waals surface area contributed by atoms with Gasteiger partial charge in [-0.3, -0.25) is 9.69 Å². The van der Waals surface area contributed by atoms with Crippen LogP contribution in [0.15, 0.2) is 70.8 Å². The molecule has 0 bridgehead atoms. The predicted molar refractivity (Wildman–Crippen MR) is 116 cm³/mol. The normalized spacial score (nSPS) is 15.8. The third-order valence-electron chi connectivity index (χ3n) is 4.38. The molecule has 2 heterocycles. The maximum absolute atomic E-state index is 13.0. The topological polar surface area (TPSA) is 36.7 Å². The summed E-state index contributed by atoms with van der Waals surface area (Å²) in [5.41, 5.74) is 1.88. The third-order valence-corrected chi connectivity index (χ3v) is 5.38. The Bertz CT molecular complexity index is 1110. The van der Waals surface area contributed by atoms with Crippen molar-refractivity contribution in [2.75, 3.05) is 11.9 Å². The van der Waals surface area contributed by atoms with Gasteiger partial charge in [-0.05, 0) is 54.7 Å². The highest BCUT2D eigenvalue weighted by Gasteiger charge is 2.36. The number of furan rings is 1. The number of likely N-dealkylation sites (N-methyl/N-ethyl adjacent to an activating group) is 1. The van der Waals surface area contributed by atoms with Gasteiger partial charge in [0, 0.05) is 23.7 Å². The molecular formula is C21H14Cl2N2O2S.